The molecule has 0 saturated carbocycles. The normalized spacial score (nSPS) is 19.5. The van der Waals surface area contributed by atoms with Crippen LogP contribution in [0.2, 0.25) is 0 Å². The molecule has 10 heteroatoms. The fourth-order valence-corrected chi connectivity index (χ4v) is 4.21. The third-order valence-corrected chi connectivity index (χ3v) is 6.03. The van der Waals surface area contributed by atoms with Gasteiger partial charge in [-0.1, -0.05) is 76.6 Å². The van der Waals surface area contributed by atoms with Crippen LogP contribution in [0, 0.1) is 0 Å². The number of benzene rings is 2. The Morgan fingerprint density at radius 1 is 0.946 bits per heavy atom. The van der Waals surface area contributed by atoms with E-state index < -0.39 is 29.7 Å². The predicted octanol–water partition coefficient (Wildman–Crippen LogP) is 3.94. The van der Waals surface area contributed by atoms with Crippen LogP contribution in [-0.4, -0.2) is 42.0 Å². The van der Waals surface area contributed by atoms with Gasteiger partial charge in [-0.25, -0.2) is 4.79 Å². The molecule has 37 heavy (non-hydrogen) atoms. The Bertz CT molecular complexity index is 1250. The minimum Gasteiger partial charge on any atom is -0.353 e. The van der Waals surface area contributed by atoms with Crippen molar-refractivity contribution in [3.8, 4) is 0 Å². The lowest BCUT2D eigenvalue weighted by Crippen LogP contribution is -2.33. The van der Waals surface area contributed by atoms with Gasteiger partial charge in [0.2, 0.25) is 0 Å². The molecule has 1 N–H and O–H groups in total. The van der Waals surface area contributed by atoms with Gasteiger partial charge in [-0.2, -0.15) is 0 Å². The van der Waals surface area contributed by atoms with E-state index in [1.54, 1.807) is 11.1 Å². The molecule has 1 aliphatic heterocycles. The van der Waals surface area contributed by atoms with Crippen LogP contribution >= 0.6 is 15.9 Å². The Morgan fingerprint density at radius 3 is 2.24 bits per heavy atom. The number of halogens is 1. The number of rotatable bonds is 13. The second kappa shape index (κ2) is 14.2. The largest absolute Gasteiger partial charge is 0.353 e. The maximum absolute atomic E-state index is 12.5. The number of H-pyrrole nitrogens is 1. The van der Waals surface area contributed by atoms with Crippen molar-refractivity contribution in [3.05, 3.63) is 109 Å². The Morgan fingerprint density at radius 2 is 1.59 bits per heavy atom. The van der Waals surface area contributed by atoms with E-state index in [1.807, 2.05) is 60.7 Å². The van der Waals surface area contributed by atoms with Crippen molar-refractivity contribution in [1.82, 2.24) is 9.55 Å². The summed E-state index contributed by atoms with van der Waals surface area (Å²) in [7, 11) is 0. The van der Waals surface area contributed by atoms with Gasteiger partial charge < -0.3 is 23.7 Å². The summed E-state index contributed by atoms with van der Waals surface area (Å²) in [6.07, 6.45) is 1.88. The summed E-state index contributed by atoms with van der Waals surface area (Å²) in [5, 5.41) is 0. The highest BCUT2D eigenvalue weighted by Crippen LogP contribution is 2.30. The summed E-state index contributed by atoms with van der Waals surface area (Å²) >= 11 is 3.16. The second-order valence-corrected chi connectivity index (χ2v) is 8.92. The van der Waals surface area contributed by atoms with Crippen molar-refractivity contribution in [2.75, 3.05) is 20.2 Å². The molecule has 9 nitrogen and oxygen atoms in total. The second-order valence-electron chi connectivity index (χ2n) is 8.39. The van der Waals surface area contributed by atoms with E-state index in [9.17, 15) is 9.59 Å². The number of nitrogens with one attached hydrogen (secondary N) is 1. The molecule has 0 spiro atoms. The van der Waals surface area contributed by atoms with E-state index in [4.69, 9.17) is 23.7 Å². The Balaban J connectivity index is 1.36. The van der Waals surface area contributed by atoms with Crippen molar-refractivity contribution in [2.24, 2.45) is 0 Å². The van der Waals surface area contributed by atoms with Gasteiger partial charge in [-0.3, -0.25) is 14.3 Å². The van der Waals surface area contributed by atoms with Crippen LogP contribution in [-0.2, 0) is 36.9 Å². The minimum absolute atomic E-state index is 0.0503. The van der Waals surface area contributed by atoms with E-state index in [2.05, 4.69) is 20.9 Å². The van der Waals surface area contributed by atoms with E-state index >= 15 is 0 Å². The monoisotopic (exact) mass is 572 g/mol. The van der Waals surface area contributed by atoms with Crippen molar-refractivity contribution in [3.63, 3.8) is 0 Å². The maximum atomic E-state index is 12.5. The molecule has 0 aliphatic carbocycles. The zero-order valence-corrected chi connectivity index (χ0v) is 21.7. The Labute approximate surface area is 222 Å². The molecule has 3 aromatic rings. The van der Waals surface area contributed by atoms with Gasteiger partial charge in [0.1, 0.15) is 25.9 Å². The van der Waals surface area contributed by atoms with Crippen LogP contribution in [0.5, 0.6) is 0 Å². The molecule has 3 atom stereocenters. The highest BCUT2D eigenvalue weighted by atomic mass is 79.9. The summed E-state index contributed by atoms with van der Waals surface area (Å²) in [4.78, 5) is 28.5. The molecular formula is C27H29BrN2O7. The molecule has 0 bridgehead atoms. The first-order valence-corrected chi connectivity index (χ1v) is 12.8. The number of aromatic nitrogens is 2. The Hall–Kier alpha value is -2.86. The fourth-order valence-electron chi connectivity index (χ4n) is 3.92. The smallest absolute Gasteiger partial charge is 0.330 e. The van der Waals surface area contributed by atoms with Gasteiger partial charge in [0, 0.05) is 12.6 Å². The Kier molecular flexibility index (Phi) is 10.4. The number of hydrogen-bond donors (Lipinski definition) is 1. The SMILES string of the molecule is O=c1[nH]c(=O)n([C@H]2C[C@H](OCOCc3ccccc3)[C@@H](COCOCc3ccccc3)O2)cc1C=CBr. The highest BCUT2D eigenvalue weighted by molar-refractivity contribution is 9.11. The van der Waals surface area contributed by atoms with Crippen molar-refractivity contribution in [1.29, 1.82) is 0 Å². The lowest BCUT2D eigenvalue weighted by molar-refractivity contribution is -0.145. The van der Waals surface area contributed by atoms with Crippen LogP contribution in [0.3, 0.4) is 0 Å². The van der Waals surface area contributed by atoms with Crippen LogP contribution in [0.25, 0.3) is 6.08 Å². The van der Waals surface area contributed by atoms with Crippen LogP contribution in [0.15, 0.2) is 81.4 Å². The molecule has 0 radical (unpaired) electrons. The zero-order valence-electron chi connectivity index (χ0n) is 20.2. The fraction of sp³-hybridized carbons (Fsp3) is 0.333. The molecule has 1 fully saturated rings. The van der Waals surface area contributed by atoms with E-state index in [-0.39, 0.29) is 20.2 Å². The summed E-state index contributed by atoms with van der Waals surface area (Å²) in [6.45, 7) is 1.16. The lowest BCUT2D eigenvalue weighted by Gasteiger charge is -2.19. The van der Waals surface area contributed by atoms with Gasteiger partial charge >= 0.3 is 5.69 Å². The zero-order chi connectivity index (χ0) is 25.9. The lowest BCUT2D eigenvalue weighted by atomic mass is 10.2. The van der Waals surface area contributed by atoms with E-state index in [1.165, 1.54) is 10.8 Å². The predicted molar refractivity (Wildman–Crippen MR) is 141 cm³/mol. The number of nitrogens with zero attached hydrogens (tertiary/aromatic N) is 1. The molecule has 1 aliphatic rings. The topological polar surface area (TPSA) is 101 Å². The molecule has 2 aromatic carbocycles. The summed E-state index contributed by atoms with van der Waals surface area (Å²) in [5.74, 6) is 0. The van der Waals surface area contributed by atoms with Gasteiger partial charge in [0.25, 0.3) is 5.56 Å². The van der Waals surface area contributed by atoms with Crippen molar-refractivity contribution < 1.29 is 23.7 Å². The summed E-state index contributed by atoms with van der Waals surface area (Å²) < 4.78 is 30.5. The maximum Gasteiger partial charge on any atom is 0.330 e. The van der Waals surface area contributed by atoms with Gasteiger partial charge in [-0.05, 0) is 22.2 Å². The third-order valence-electron chi connectivity index (χ3n) is 5.77. The number of hydrogen-bond acceptors (Lipinski definition) is 7. The highest BCUT2D eigenvalue weighted by Gasteiger charge is 2.38. The first-order valence-electron chi connectivity index (χ1n) is 11.8. The van der Waals surface area contributed by atoms with E-state index in [0.717, 1.165) is 11.1 Å². The molecular weight excluding hydrogens is 544 g/mol. The summed E-state index contributed by atoms with van der Waals surface area (Å²) in [6, 6.07) is 19.6. The van der Waals surface area contributed by atoms with E-state index in [0.29, 0.717) is 25.2 Å². The standard InChI is InChI=1S/C27H29BrN2O7/c28-12-11-22-14-30(27(32)29-26(22)31)25-13-23(36-19-34-16-21-9-5-2-6-10-21)24(37-25)17-35-18-33-15-20-7-3-1-4-8-20/h1-12,14,23-25H,13,15-19H2,(H,29,31,32)/t23-,24+,25+/m0/s1. The first-order chi connectivity index (χ1) is 18.1. The van der Waals surface area contributed by atoms with Crippen molar-refractivity contribution in [2.45, 2.75) is 38.1 Å². The molecule has 2 heterocycles. The minimum atomic E-state index is -0.648. The molecule has 196 valence electrons. The molecule has 1 saturated heterocycles. The van der Waals surface area contributed by atoms with Crippen LogP contribution < -0.4 is 11.2 Å². The molecule has 0 amide bonds. The molecule has 1 aromatic heterocycles. The van der Waals surface area contributed by atoms with Crippen LogP contribution in [0.4, 0.5) is 0 Å². The third kappa shape index (κ3) is 8.06. The van der Waals surface area contributed by atoms with Gasteiger partial charge in [-0.15, -0.1) is 0 Å². The van der Waals surface area contributed by atoms with Crippen molar-refractivity contribution >= 4 is 22.0 Å². The summed E-state index contributed by atoms with van der Waals surface area (Å²) in [5.41, 5.74) is 1.36. The quantitative estimate of drug-likeness (QED) is 0.244. The molecule has 4 rings (SSSR count). The first kappa shape index (κ1) is 27.2. The average Bonchev–Trinajstić information content (AvgIpc) is 3.31. The van der Waals surface area contributed by atoms with Gasteiger partial charge in [0.15, 0.2) is 0 Å². The van der Waals surface area contributed by atoms with Crippen LogP contribution in [0.1, 0.15) is 29.3 Å². The number of ether oxygens (including phenoxy) is 5. The number of aromatic amines is 1. The molecule has 0 unspecified atom stereocenters. The average molecular weight is 573 g/mol. The van der Waals surface area contributed by atoms with Gasteiger partial charge in [0.05, 0.1) is 31.5 Å².